The first kappa shape index (κ1) is 11.6. The highest BCUT2D eigenvalue weighted by Crippen LogP contribution is 2.14. The van der Waals surface area contributed by atoms with Gasteiger partial charge in [-0.15, -0.1) is 0 Å². The third kappa shape index (κ3) is 2.37. The van der Waals surface area contributed by atoms with Crippen molar-refractivity contribution < 1.29 is 4.39 Å². The molecule has 96 valence electrons. The number of nitrogens with one attached hydrogen (secondary N) is 2. The molecule has 0 aliphatic rings. The van der Waals surface area contributed by atoms with Crippen LogP contribution < -0.4 is 5.32 Å². The zero-order chi connectivity index (χ0) is 13.1. The molecule has 0 amide bonds. The molecule has 0 atom stereocenters. The zero-order valence-corrected chi connectivity index (χ0v) is 10.1. The fraction of sp³-hybridized carbons (Fsp3) is 0.154. The number of aromatic nitrogens is 4. The first-order valence-electron chi connectivity index (χ1n) is 5.96. The maximum atomic E-state index is 13.4. The molecule has 3 aromatic rings. The summed E-state index contributed by atoms with van der Waals surface area (Å²) in [4.78, 5) is 15.2. The molecule has 0 fully saturated rings. The van der Waals surface area contributed by atoms with Crippen LogP contribution in [-0.4, -0.2) is 26.5 Å². The number of H-pyrrole nitrogens is 1. The Bertz CT molecular complexity index is 694. The van der Waals surface area contributed by atoms with Gasteiger partial charge in [0.2, 0.25) is 0 Å². The lowest BCUT2D eigenvalue weighted by molar-refractivity contribution is 0.610. The molecule has 0 aliphatic heterocycles. The van der Waals surface area contributed by atoms with E-state index in [1.807, 2.05) is 6.07 Å². The second-order valence-electron chi connectivity index (χ2n) is 4.09. The van der Waals surface area contributed by atoms with E-state index in [9.17, 15) is 4.39 Å². The molecule has 0 bridgehead atoms. The molecular formula is C13H12FN5. The van der Waals surface area contributed by atoms with Crippen molar-refractivity contribution in [1.29, 1.82) is 0 Å². The van der Waals surface area contributed by atoms with E-state index >= 15 is 0 Å². The van der Waals surface area contributed by atoms with Crippen LogP contribution >= 0.6 is 0 Å². The highest BCUT2D eigenvalue weighted by atomic mass is 19.1. The molecule has 2 N–H and O–H groups in total. The van der Waals surface area contributed by atoms with Gasteiger partial charge in [0.25, 0.3) is 0 Å². The van der Waals surface area contributed by atoms with Crippen LogP contribution in [0.15, 0.2) is 36.9 Å². The van der Waals surface area contributed by atoms with Crippen LogP contribution in [0.3, 0.4) is 0 Å². The van der Waals surface area contributed by atoms with Gasteiger partial charge >= 0.3 is 0 Å². The van der Waals surface area contributed by atoms with Gasteiger partial charge in [0.05, 0.1) is 6.33 Å². The Kier molecular flexibility index (Phi) is 3.06. The van der Waals surface area contributed by atoms with Crippen molar-refractivity contribution in [3.05, 3.63) is 48.3 Å². The minimum atomic E-state index is -0.183. The maximum absolute atomic E-state index is 13.4. The lowest BCUT2D eigenvalue weighted by atomic mass is 10.1. The Hall–Kier alpha value is -2.50. The fourth-order valence-corrected chi connectivity index (χ4v) is 1.91. The molecule has 5 nitrogen and oxygen atoms in total. The van der Waals surface area contributed by atoms with Gasteiger partial charge in [0, 0.05) is 6.54 Å². The first-order chi connectivity index (χ1) is 9.34. The van der Waals surface area contributed by atoms with E-state index in [1.165, 1.54) is 12.4 Å². The molecule has 6 heteroatoms. The van der Waals surface area contributed by atoms with E-state index in [4.69, 9.17) is 0 Å². The predicted octanol–water partition coefficient (Wildman–Crippen LogP) is 2.15. The molecule has 2 aromatic heterocycles. The number of fused-ring (bicyclic) bond motifs is 1. The quantitative estimate of drug-likeness (QED) is 0.751. The molecule has 0 spiro atoms. The Morgan fingerprint density at radius 1 is 1.16 bits per heavy atom. The molecule has 0 saturated carbocycles. The fourth-order valence-electron chi connectivity index (χ4n) is 1.91. The zero-order valence-electron chi connectivity index (χ0n) is 10.1. The van der Waals surface area contributed by atoms with Gasteiger partial charge in [0.1, 0.15) is 17.7 Å². The van der Waals surface area contributed by atoms with Crippen LogP contribution in [0, 0.1) is 5.82 Å². The summed E-state index contributed by atoms with van der Waals surface area (Å²) in [5, 5.41) is 3.15. The highest BCUT2D eigenvalue weighted by molar-refractivity contribution is 5.81. The van der Waals surface area contributed by atoms with Gasteiger partial charge in [-0.25, -0.2) is 19.3 Å². The summed E-state index contributed by atoms with van der Waals surface area (Å²) in [7, 11) is 0. The third-order valence-electron chi connectivity index (χ3n) is 2.86. The molecule has 0 unspecified atom stereocenters. The average Bonchev–Trinajstić information content (AvgIpc) is 2.90. The van der Waals surface area contributed by atoms with Crippen LogP contribution in [0.5, 0.6) is 0 Å². The molecular weight excluding hydrogens is 245 g/mol. The number of anilines is 1. The monoisotopic (exact) mass is 257 g/mol. The number of halogens is 1. The summed E-state index contributed by atoms with van der Waals surface area (Å²) < 4.78 is 13.4. The number of hydrogen-bond acceptors (Lipinski definition) is 4. The van der Waals surface area contributed by atoms with Crippen molar-refractivity contribution in [2.75, 3.05) is 11.9 Å². The predicted molar refractivity (Wildman–Crippen MR) is 70.3 cm³/mol. The van der Waals surface area contributed by atoms with Gasteiger partial charge < -0.3 is 10.3 Å². The van der Waals surface area contributed by atoms with Crippen molar-refractivity contribution in [3.63, 3.8) is 0 Å². The summed E-state index contributed by atoms with van der Waals surface area (Å²) >= 11 is 0. The molecule has 0 radical (unpaired) electrons. The number of imidazole rings is 1. The lowest BCUT2D eigenvalue weighted by Crippen LogP contribution is -2.08. The second kappa shape index (κ2) is 5.01. The second-order valence-corrected chi connectivity index (χ2v) is 4.09. The van der Waals surface area contributed by atoms with Gasteiger partial charge in [-0.2, -0.15) is 0 Å². The van der Waals surface area contributed by atoms with Crippen molar-refractivity contribution >= 4 is 17.0 Å². The first-order valence-corrected chi connectivity index (χ1v) is 5.96. The number of benzene rings is 1. The highest BCUT2D eigenvalue weighted by Gasteiger charge is 2.06. The van der Waals surface area contributed by atoms with Crippen molar-refractivity contribution in [3.8, 4) is 0 Å². The van der Waals surface area contributed by atoms with E-state index in [0.29, 0.717) is 35.5 Å². The maximum Gasteiger partial charge on any atom is 0.162 e. The van der Waals surface area contributed by atoms with Crippen LogP contribution in [0.4, 0.5) is 10.2 Å². The number of hydrogen-bond donors (Lipinski definition) is 2. The van der Waals surface area contributed by atoms with Gasteiger partial charge in [-0.3, -0.25) is 0 Å². The standard InChI is InChI=1S/C13H12FN5/c14-10-4-2-1-3-9(10)5-6-15-12-11-13(17-7-16-11)19-8-18-12/h1-4,7-8H,5-6H2,(H2,15,16,17,18,19). The number of rotatable bonds is 4. The largest absolute Gasteiger partial charge is 0.368 e. The normalized spacial score (nSPS) is 10.8. The Morgan fingerprint density at radius 2 is 2.05 bits per heavy atom. The lowest BCUT2D eigenvalue weighted by Gasteiger charge is -2.06. The van der Waals surface area contributed by atoms with E-state index in [0.717, 1.165) is 0 Å². The molecule has 3 rings (SSSR count). The smallest absolute Gasteiger partial charge is 0.162 e. The van der Waals surface area contributed by atoms with Crippen LogP contribution in [0.25, 0.3) is 11.2 Å². The van der Waals surface area contributed by atoms with Gasteiger partial charge in [-0.1, -0.05) is 18.2 Å². The van der Waals surface area contributed by atoms with Gasteiger partial charge in [0.15, 0.2) is 11.5 Å². The van der Waals surface area contributed by atoms with E-state index in [-0.39, 0.29) is 5.82 Å². The van der Waals surface area contributed by atoms with Crippen molar-refractivity contribution in [2.24, 2.45) is 0 Å². The molecule has 2 heterocycles. The van der Waals surface area contributed by atoms with Crippen molar-refractivity contribution in [2.45, 2.75) is 6.42 Å². The SMILES string of the molecule is Fc1ccccc1CCNc1ncnc2[nH]cnc12. The van der Waals surface area contributed by atoms with E-state index in [2.05, 4.69) is 25.3 Å². The van der Waals surface area contributed by atoms with Gasteiger partial charge in [-0.05, 0) is 18.1 Å². The minimum Gasteiger partial charge on any atom is -0.368 e. The van der Waals surface area contributed by atoms with Crippen LogP contribution in [-0.2, 0) is 6.42 Å². The summed E-state index contributed by atoms with van der Waals surface area (Å²) in [6, 6.07) is 6.76. The van der Waals surface area contributed by atoms with Crippen LogP contribution in [0.2, 0.25) is 0 Å². The molecule has 1 aromatic carbocycles. The summed E-state index contributed by atoms with van der Waals surface area (Å²) in [6.45, 7) is 0.583. The average molecular weight is 257 g/mol. The molecule has 0 aliphatic carbocycles. The number of nitrogens with zero attached hydrogens (tertiary/aromatic N) is 3. The summed E-state index contributed by atoms with van der Waals surface area (Å²) in [5.41, 5.74) is 2.06. The summed E-state index contributed by atoms with van der Waals surface area (Å²) in [5.74, 6) is 0.472. The summed E-state index contributed by atoms with van der Waals surface area (Å²) in [6.07, 6.45) is 3.62. The van der Waals surface area contributed by atoms with E-state index < -0.39 is 0 Å². The third-order valence-corrected chi connectivity index (χ3v) is 2.86. The van der Waals surface area contributed by atoms with Crippen LogP contribution in [0.1, 0.15) is 5.56 Å². The van der Waals surface area contributed by atoms with E-state index in [1.54, 1.807) is 18.5 Å². The Morgan fingerprint density at radius 3 is 2.95 bits per heavy atom. The topological polar surface area (TPSA) is 66.5 Å². The molecule has 19 heavy (non-hydrogen) atoms. The Balaban J connectivity index is 1.70. The molecule has 0 saturated heterocycles. The number of aromatic amines is 1. The Labute approximate surface area is 108 Å². The minimum absolute atomic E-state index is 0.183. The van der Waals surface area contributed by atoms with Crippen molar-refractivity contribution in [1.82, 2.24) is 19.9 Å².